The molecule has 0 radical (unpaired) electrons. The molecular weight excluding hydrogens is 298 g/mol. The van der Waals surface area contributed by atoms with Crippen LogP contribution in [0.25, 0.3) is 10.1 Å². The zero-order valence-electron chi connectivity index (χ0n) is 12.5. The third kappa shape index (κ3) is 2.73. The van der Waals surface area contributed by atoms with Gasteiger partial charge in [0.2, 0.25) is 5.91 Å². The number of likely N-dealkylation sites (tertiary alicyclic amines) is 1. The number of piperidine rings is 1. The van der Waals surface area contributed by atoms with Gasteiger partial charge >= 0.3 is 5.97 Å². The fraction of sp³-hybridized carbons (Fsp3) is 0.412. The van der Waals surface area contributed by atoms with Crippen LogP contribution in [-0.4, -0.2) is 35.0 Å². The van der Waals surface area contributed by atoms with E-state index in [0.717, 1.165) is 17.4 Å². The number of carboxylic acids is 1. The molecule has 3 rings (SSSR count). The summed E-state index contributed by atoms with van der Waals surface area (Å²) in [6, 6.07) is 8.06. The predicted molar refractivity (Wildman–Crippen MR) is 87.1 cm³/mol. The van der Waals surface area contributed by atoms with Crippen molar-refractivity contribution in [3.05, 3.63) is 35.2 Å². The Hall–Kier alpha value is -1.88. The van der Waals surface area contributed by atoms with E-state index in [1.165, 1.54) is 4.70 Å². The van der Waals surface area contributed by atoms with Crippen molar-refractivity contribution >= 4 is 33.3 Å². The zero-order chi connectivity index (χ0) is 15.7. The lowest BCUT2D eigenvalue weighted by Gasteiger charge is -2.37. The van der Waals surface area contributed by atoms with E-state index in [-0.39, 0.29) is 5.91 Å². The summed E-state index contributed by atoms with van der Waals surface area (Å²) in [7, 11) is 0. The van der Waals surface area contributed by atoms with Gasteiger partial charge in [0.05, 0.1) is 11.8 Å². The summed E-state index contributed by atoms with van der Waals surface area (Å²) < 4.78 is 1.18. The van der Waals surface area contributed by atoms with E-state index in [9.17, 15) is 14.7 Å². The molecule has 1 atom stereocenters. The summed E-state index contributed by atoms with van der Waals surface area (Å²) in [5, 5.41) is 12.5. The molecule has 2 heterocycles. The Balaban J connectivity index is 1.76. The molecule has 1 saturated heterocycles. The van der Waals surface area contributed by atoms with Gasteiger partial charge in [-0.25, -0.2) is 0 Å². The molecule has 4 nitrogen and oxygen atoms in total. The van der Waals surface area contributed by atoms with Crippen LogP contribution in [0.5, 0.6) is 0 Å². The molecular formula is C17H19NO3S. The van der Waals surface area contributed by atoms with E-state index in [2.05, 4.69) is 6.07 Å². The van der Waals surface area contributed by atoms with Gasteiger partial charge in [-0.3, -0.25) is 9.59 Å². The van der Waals surface area contributed by atoms with Crippen LogP contribution in [-0.2, 0) is 16.0 Å². The van der Waals surface area contributed by atoms with Gasteiger partial charge in [-0.15, -0.1) is 11.3 Å². The molecule has 2 aromatic rings. The minimum absolute atomic E-state index is 0.0238. The van der Waals surface area contributed by atoms with Crippen LogP contribution < -0.4 is 0 Å². The number of amides is 1. The molecule has 5 heteroatoms. The van der Waals surface area contributed by atoms with E-state index in [1.54, 1.807) is 23.2 Å². The second kappa shape index (κ2) is 5.72. The third-order valence-corrected chi connectivity index (χ3v) is 5.48. The normalized spacial score (nSPS) is 22.0. The first kappa shape index (κ1) is 15.0. The highest BCUT2D eigenvalue weighted by atomic mass is 32.1. The number of hydrogen-bond acceptors (Lipinski definition) is 3. The van der Waals surface area contributed by atoms with Gasteiger partial charge in [-0.05, 0) is 42.2 Å². The maximum atomic E-state index is 12.6. The van der Waals surface area contributed by atoms with Gasteiger partial charge in [0.25, 0.3) is 0 Å². The molecule has 0 spiro atoms. The quantitative estimate of drug-likeness (QED) is 0.946. The van der Waals surface area contributed by atoms with Crippen molar-refractivity contribution in [2.24, 2.45) is 5.41 Å². The smallest absolute Gasteiger partial charge is 0.311 e. The van der Waals surface area contributed by atoms with Crippen LogP contribution in [0.4, 0.5) is 0 Å². The predicted octanol–water partition coefficient (Wildman–Crippen LogP) is 3.16. The second-order valence-electron chi connectivity index (χ2n) is 6.22. The van der Waals surface area contributed by atoms with Crippen molar-refractivity contribution in [2.75, 3.05) is 13.1 Å². The topological polar surface area (TPSA) is 57.6 Å². The Kier molecular flexibility index (Phi) is 3.91. The fourth-order valence-corrected chi connectivity index (χ4v) is 4.03. The average molecular weight is 317 g/mol. The van der Waals surface area contributed by atoms with Gasteiger partial charge < -0.3 is 10.0 Å². The molecule has 116 valence electrons. The lowest BCUT2D eigenvalue weighted by atomic mass is 9.82. The first-order chi connectivity index (χ1) is 10.5. The van der Waals surface area contributed by atoms with Crippen LogP contribution in [0, 0.1) is 5.41 Å². The number of thiophene rings is 1. The number of fused-ring (bicyclic) bond motifs is 1. The van der Waals surface area contributed by atoms with E-state index in [1.807, 2.05) is 23.6 Å². The number of benzene rings is 1. The summed E-state index contributed by atoms with van der Waals surface area (Å²) in [6.07, 6.45) is 1.73. The summed E-state index contributed by atoms with van der Waals surface area (Å²) in [5.74, 6) is -0.790. The van der Waals surface area contributed by atoms with Crippen molar-refractivity contribution in [1.29, 1.82) is 0 Å². The van der Waals surface area contributed by atoms with E-state index in [4.69, 9.17) is 0 Å². The van der Waals surface area contributed by atoms with Crippen LogP contribution in [0.3, 0.4) is 0 Å². The molecule has 1 aliphatic rings. The SMILES string of the molecule is CC1(C(=O)O)CCCN(C(=O)Cc2csc3ccccc23)C1. The Bertz CT molecular complexity index is 724. The van der Waals surface area contributed by atoms with Crippen LogP contribution in [0.1, 0.15) is 25.3 Å². The Morgan fingerprint density at radius 1 is 1.36 bits per heavy atom. The van der Waals surface area contributed by atoms with Crippen molar-refractivity contribution in [3.63, 3.8) is 0 Å². The standard InChI is InChI=1S/C17H19NO3S/c1-17(16(20)21)7-4-8-18(11-17)15(19)9-12-10-22-14-6-3-2-5-13(12)14/h2-3,5-6,10H,4,7-9,11H2,1H3,(H,20,21). The number of nitrogens with zero attached hydrogens (tertiary/aromatic N) is 1. The molecule has 1 amide bonds. The Labute approximate surface area is 133 Å². The van der Waals surface area contributed by atoms with Gasteiger partial charge in [0.1, 0.15) is 0 Å². The van der Waals surface area contributed by atoms with Crippen LogP contribution >= 0.6 is 11.3 Å². The first-order valence-electron chi connectivity index (χ1n) is 7.46. The second-order valence-corrected chi connectivity index (χ2v) is 7.13. The average Bonchev–Trinajstić information content (AvgIpc) is 2.90. The first-order valence-corrected chi connectivity index (χ1v) is 8.34. The van der Waals surface area contributed by atoms with Crippen LogP contribution in [0.15, 0.2) is 29.6 Å². The van der Waals surface area contributed by atoms with Crippen molar-refractivity contribution in [1.82, 2.24) is 4.90 Å². The van der Waals surface area contributed by atoms with Gasteiger partial charge in [-0.2, -0.15) is 0 Å². The molecule has 22 heavy (non-hydrogen) atoms. The molecule has 1 N–H and O–H groups in total. The van der Waals surface area contributed by atoms with E-state index < -0.39 is 11.4 Å². The number of hydrogen-bond donors (Lipinski definition) is 1. The van der Waals surface area contributed by atoms with Crippen molar-refractivity contribution < 1.29 is 14.7 Å². The molecule has 1 aliphatic heterocycles. The minimum Gasteiger partial charge on any atom is -0.481 e. The summed E-state index contributed by atoms with van der Waals surface area (Å²) >= 11 is 1.64. The van der Waals surface area contributed by atoms with Gasteiger partial charge in [-0.1, -0.05) is 18.2 Å². The third-order valence-electron chi connectivity index (χ3n) is 4.47. The maximum absolute atomic E-state index is 12.6. The number of aliphatic carboxylic acids is 1. The Morgan fingerprint density at radius 3 is 2.91 bits per heavy atom. The summed E-state index contributed by atoms with van der Waals surface area (Å²) in [6.45, 7) is 2.70. The molecule has 1 unspecified atom stereocenters. The molecule has 1 aromatic carbocycles. The monoisotopic (exact) mass is 317 g/mol. The largest absolute Gasteiger partial charge is 0.481 e. The number of carbonyl (C=O) groups is 2. The lowest BCUT2D eigenvalue weighted by Crippen LogP contribution is -2.48. The highest BCUT2D eigenvalue weighted by Gasteiger charge is 2.39. The summed E-state index contributed by atoms with van der Waals surface area (Å²) in [4.78, 5) is 25.7. The van der Waals surface area contributed by atoms with Crippen molar-refractivity contribution in [2.45, 2.75) is 26.2 Å². The highest BCUT2D eigenvalue weighted by Crippen LogP contribution is 2.31. The highest BCUT2D eigenvalue weighted by molar-refractivity contribution is 7.17. The molecule has 1 fully saturated rings. The number of carbonyl (C=O) groups excluding carboxylic acids is 1. The van der Waals surface area contributed by atoms with Crippen molar-refractivity contribution in [3.8, 4) is 0 Å². The minimum atomic E-state index is -0.815. The lowest BCUT2D eigenvalue weighted by molar-refractivity contribution is -0.153. The Morgan fingerprint density at radius 2 is 2.14 bits per heavy atom. The van der Waals surface area contributed by atoms with E-state index in [0.29, 0.717) is 25.9 Å². The zero-order valence-corrected chi connectivity index (χ0v) is 13.4. The number of rotatable bonds is 3. The molecule has 1 aromatic heterocycles. The fourth-order valence-electron chi connectivity index (χ4n) is 3.07. The molecule has 0 bridgehead atoms. The van der Waals surface area contributed by atoms with Gasteiger partial charge in [0, 0.05) is 17.8 Å². The molecule has 0 aliphatic carbocycles. The van der Waals surface area contributed by atoms with E-state index >= 15 is 0 Å². The van der Waals surface area contributed by atoms with Gasteiger partial charge in [0.15, 0.2) is 0 Å². The van der Waals surface area contributed by atoms with Crippen LogP contribution in [0.2, 0.25) is 0 Å². The molecule has 0 saturated carbocycles. The number of carboxylic acid groups (broad SMARTS) is 1. The summed E-state index contributed by atoms with van der Waals surface area (Å²) in [5.41, 5.74) is 0.221. The maximum Gasteiger partial charge on any atom is 0.311 e.